The first-order chi connectivity index (χ1) is 13.6. The molecule has 1 unspecified atom stereocenters. The van der Waals surface area contributed by atoms with Crippen LogP contribution in [0.15, 0.2) is 54.6 Å². The third kappa shape index (κ3) is 5.84. The second kappa shape index (κ2) is 10.3. The van der Waals surface area contributed by atoms with E-state index < -0.39 is 0 Å². The van der Waals surface area contributed by atoms with Crippen molar-refractivity contribution in [3.63, 3.8) is 0 Å². The molecule has 2 aromatic rings. The first-order valence-corrected chi connectivity index (χ1v) is 10.7. The molecule has 1 heterocycles. The Kier molecular flexibility index (Phi) is 7.51. The number of ether oxygens (including phenoxy) is 1. The number of nitrogens with one attached hydrogen (secondary N) is 1. The van der Waals surface area contributed by atoms with E-state index in [1.807, 2.05) is 37.3 Å². The molecule has 148 valence electrons. The van der Waals surface area contributed by atoms with Gasteiger partial charge in [0, 0.05) is 13.1 Å². The van der Waals surface area contributed by atoms with Crippen LogP contribution in [0.1, 0.15) is 18.5 Å². The Labute approximate surface area is 170 Å². The Balaban J connectivity index is 1.43. The van der Waals surface area contributed by atoms with Crippen LogP contribution in [0.5, 0.6) is 0 Å². The molecule has 28 heavy (non-hydrogen) atoms. The van der Waals surface area contributed by atoms with Crippen LogP contribution in [0, 0.1) is 0 Å². The quantitative estimate of drug-likeness (QED) is 0.779. The van der Waals surface area contributed by atoms with Gasteiger partial charge in [-0.15, -0.1) is 11.8 Å². The minimum Gasteiger partial charge on any atom is -0.378 e. The molecule has 6 heteroatoms. The normalized spacial score (nSPS) is 15.1. The Bertz CT molecular complexity index is 774. The number of nitrogens with zero attached hydrogens (tertiary/aromatic N) is 1. The summed E-state index contributed by atoms with van der Waals surface area (Å²) < 4.78 is 5.25. The van der Waals surface area contributed by atoms with E-state index in [9.17, 15) is 9.59 Å². The fraction of sp³-hybridized carbons (Fsp3) is 0.364. The molecule has 0 aromatic heterocycles. The topological polar surface area (TPSA) is 58.6 Å². The number of rotatable bonds is 7. The molecule has 1 saturated heterocycles. The van der Waals surface area contributed by atoms with Gasteiger partial charge in [-0.3, -0.25) is 9.59 Å². The van der Waals surface area contributed by atoms with E-state index in [0.29, 0.717) is 32.1 Å². The van der Waals surface area contributed by atoms with Gasteiger partial charge in [-0.05, 0) is 23.6 Å². The second-order valence-electron chi connectivity index (χ2n) is 6.76. The summed E-state index contributed by atoms with van der Waals surface area (Å²) in [6, 6.07) is 18.4. The van der Waals surface area contributed by atoms with Gasteiger partial charge in [-0.25, -0.2) is 0 Å². The molecular weight excluding hydrogens is 372 g/mol. The lowest BCUT2D eigenvalue weighted by Gasteiger charge is -2.26. The number of carbonyl (C=O) groups is 2. The van der Waals surface area contributed by atoms with Crippen molar-refractivity contribution in [2.24, 2.45) is 0 Å². The lowest BCUT2D eigenvalue weighted by molar-refractivity contribution is -0.132. The van der Waals surface area contributed by atoms with Gasteiger partial charge in [0.2, 0.25) is 11.8 Å². The van der Waals surface area contributed by atoms with Gasteiger partial charge in [0.15, 0.2) is 0 Å². The van der Waals surface area contributed by atoms with Crippen LogP contribution in [0.3, 0.4) is 0 Å². The average Bonchev–Trinajstić information content (AvgIpc) is 2.75. The predicted octanol–water partition coefficient (Wildman–Crippen LogP) is 3.12. The summed E-state index contributed by atoms with van der Waals surface area (Å²) in [7, 11) is 0. The van der Waals surface area contributed by atoms with Crippen molar-refractivity contribution < 1.29 is 14.3 Å². The van der Waals surface area contributed by atoms with Crippen molar-refractivity contribution >= 4 is 23.6 Å². The van der Waals surface area contributed by atoms with E-state index in [1.165, 1.54) is 17.3 Å². The van der Waals surface area contributed by atoms with Gasteiger partial charge in [-0.2, -0.15) is 0 Å². The Morgan fingerprint density at radius 2 is 1.64 bits per heavy atom. The first-order valence-electron chi connectivity index (χ1n) is 9.51. The summed E-state index contributed by atoms with van der Waals surface area (Å²) in [4.78, 5) is 26.1. The highest BCUT2D eigenvalue weighted by molar-refractivity contribution is 8.00. The summed E-state index contributed by atoms with van der Waals surface area (Å²) in [5.41, 5.74) is 3.38. The van der Waals surface area contributed by atoms with E-state index in [2.05, 4.69) is 29.6 Å². The molecular formula is C22H26N2O3S. The van der Waals surface area contributed by atoms with Gasteiger partial charge in [0.25, 0.3) is 0 Å². The maximum absolute atomic E-state index is 12.2. The van der Waals surface area contributed by atoms with Gasteiger partial charge in [0.1, 0.15) is 0 Å². The summed E-state index contributed by atoms with van der Waals surface area (Å²) in [6.45, 7) is 4.44. The van der Waals surface area contributed by atoms with Crippen molar-refractivity contribution in [3.8, 4) is 11.1 Å². The van der Waals surface area contributed by atoms with Crippen molar-refractivity contribution in [1.29, 1.82) is 0 Å². The van der Waals surface area contributed by atoms with E-state index in [4.69, 9.17) is 4.74 Å². The van der Waals surface area contributed by atoms with Crippen molar-refractivity contribution in [1.82, 2.24) is 10.2 Å². The number of benzene rings is 2. The number of amides is 2. The summed E-state index contributed by atoms with van der Waals surface area (Å²) in [5, 5.41) is 3.00. The second-order valence-corrected chi connectivity index (χ2v) is 7.75. The predicted molar refractivity (Wildman–Crippen MR) is 113 cm³/mol. The molecule has 0 aliphatic carbocycles. The van der Waals surface area contributed by atoms with Gasteiger partial charge >= 0.3 is 0 Å². The third-order valence-electron chi connectivity index (χ3n) is 4.72. The molecule has 5 nitrogen and oxygen atoms in total. The Hall–Kier alpha value is -2.31. The Morgan fingerprint density at radius 3 is 2.32 bits per heavy atom. The van der Waals surface area contributed by atoms with Crippen LogP contribution in [0.25, 0.3) is 11.1 Å². The molecule has 2 aromatic carbocycles. The number of thioether (sulfide) groups is 1. The Morgan fingerprint density at radius 1 is 1.00 bits per heavy atom. The molecule has 1 atom stereocenters. The molecule has 1 aliphatic heterocycles. The fourth-order valence-corrected chi connectivity index (χ4v) is 3.82. The number of hydrogen-bond acceptors (Lipinski definition) is 4. The van der Waals surface area contributed by atoms with E-state index in [1.54, 1.807) is 4.90 Å². The fourth-order valence-electron chi connectivity index (χ4n) is 3.10. The summed E-state index contributed by atoms with van der Waals surface area (Å²) in [6.07, 6.45) is 0. The average molecular weight is 399 g/mol. The molecule has 2 amide bonds. The van der Waals surface area contributed by atoms with Crippen LogP contribution in [-0.4, -0.2) is 54.5 Å². The number of carbonyl (C=O) groups excluding carboxylic acids is 2. The maximum atomic E-state index is 12.2. The van der Waals surface area contributed by atoms with Gasteiger partial charge in [-0.1, -0.05) is 54.6 Å². The first kappa shape index (κ1) is 20.4. The highest BCUT2D eigenvalue weighted by atomic mass is 32.2. The van der Waals surface area contributed by atoms with Crippen molar-refractivity contribution in [2.45, 2.75) is 13.0 Å². The van der Waals surface area contributed by atoms with Crippen LogP contribution < -0.4 is 5.32 Å². The van der Waals surface area contributed by atoms with E-state index in [-0.39, 0.29) is 23.6 Å². The van der Waals surface area contributed by atoms with E-state index >= 15 is 0 Å². The van der Waals surface area contributed by atoms with E-state index in [0.717, 1.165) is 11.1 Å². The molecule has 1 aliphatic rings. The highest BCUT2D eigenvalue weighted by Crippen LogP contribution is 2.21. The largest absolute Gasteiger partial charge is 0.378 e. The lowest BCUT2D eigenvalue weighted by atomic mass is 10.0. The molecule has 1 N–H and O–H groups in total. The standard InChI is InChI=1S/C22H26N2O3S/c1-17(18-7-9-20(10-8-18)19-5-3-2-4-6-19)23-21(25)15-28-16-22(26)24-11-13-27-14-12-24/h2-10,17H,11-16H2,1H3,(H,23,25). The van der Waals surface area contributed by atoms with Crippen LogP contribution >= 0.6 is 11.8 Å². The number of morpholine rings is 1. The third-order valence-corrected chi connectivity index (χ3v) is 5.64. The van der Waals surface area contributed by atoms with Crippen molar-refractivity contribution in [3.05, 3.63) is 60.2 Å². The molecule has 0 bridgehead atoms. The smallest absolute Gasteiger partial charge is 0.232 e. The van der Waals surface area contributed by atoms with Gasteiger partial charge < -0.3 is 15.0 Å². The van der Waals surface area contributed by atoms with Gasteiger partial charge in [0.05, 0.1) is 30.8 Å². The summed E-state index contributed by atoms with van der Waals surface area (Å²) >= 11 is 1.36. The van der Waals surface area contributed by atoms with Crippen LogP contribution in [0.4, 0.5) is 0 Å². The lowest BCUT2D eigenvalue weighted by Crippen LogP contribution is -2.41. The number of hydrogen-bond donors (Lipinski definition) is 1. The molecule has 1 fully saturated rings. The zero-order chi connectivity index (χ0) is 19.8. The monoisotopic (exact) mass is 398 g/mol. The maximum Gasteiger partial charge on any atom is 0.232 e. The molecule has 3 rings (SSSR count). The summed E-state index contributed by atoms with van der Waals surface area (Å²) in [5.74, 6) is 0.626. The zero-order valence-corrected chi connectivity index (χ0v) is 16.9. The minimum absolute atomic E-state index is 0.0561. The van der Waals surface area contributed by atoms with Crippen LogP contribution in [0.2, 0.25) is 0 Å². The highest BCUT2D eigenvalue weighted by Gasteiger charge is 2.17. The molecule has 0 saturated carbocycles. The van der Waals surface area contributed by atoms with Crippen LogP contribution in [-0.2, 0) is 14.3 Å². The van der Waals surface area contributed by atoms with Crippen molar-refractivity contribution in [2.75, 3.05) is 37.8 Å². The SMILES string of the molecule is CC(NC(=O)CSCC(=O)N1CCOCC1)c1ccc(-c2ccccc2)cc1. The molecule has 0 radical (unpaired) electrons. The zero-order valence-electron chi connectivity index (χ0n) is 16.1. The molecule has 0 spiro atoms. The minimum atomic E-state index is -0.0760.